The number of nitrogens with one attached hydrogen (secondary N) is 1. The molecule has 76 valence electrons. The number of hydrogen-bond donors (Lipinski definition) is 2. The van der Waals surface area contributed by atoms with Gasteiger partial charge in [-0.3, -0.25) is 0 Å². The van der Waals surface area contributed by atoms with Crippen LogP contribution in [0.4, 0.5) is 0 Å². The van der Waals surface area contributed by atoms with E-state index in [1.165, 1.54) is 6.07 Å². The summed E-state index contributed by atoms with van der Waals surface area (Å²) in [6, 6.07) is 9.76. The van der Waals surface area contributed by atoms with E-state index in [-0.39, 0.29) is 11.8 Å². The molecule has 0 aliphatic carbocycles. The number of rotatable bonds is 2. The van der Waals surface area contributed by atoms with E-state index in [1.807, 2.05) is 0 Å². The quantitative estimate of drug-likeness (QED) is 0.723. The summed E-state index contributed by atoms with van der Waals surface area (Å²) in [6.07, 6.45) is 0. The first-order valence-electron chi connectivity index (χ1n) is 4.27. The predicted octanol–water partition coefficient (Wildman–Crippen LogP) is 1.33. The zero-order valence-corrected chi connectivity index (χ0v) is 7.68. The lowest BCUT2D eigenvalue weighted by molar-refractivity contribution is 0.0727. The molecule has 0 atom stereocenters. The number of esters is 1. The van der Waals surface area contributed by atoms with Crippen molar-refractivity contribution in [1.29, 1.82) is 0 Å². The maximum atomic E-state index is 11.5. The van der Waals surface area contributed by atoms with Crippen LogP contribution in [0.1, 0.15) is 10.4 Å². The average molecular weight is 204 g/mol. The van der Waals surface area contributed by atoms with Crippen molar-refractivity contribution in [3.05, 3.63) is 42.0 Å². The zero-order chi connectivity index (χ0) is 10.7. The van der Waals surface area contributed by atoms with Crippen LogP contribution >= 0.6 is 0 Å². The van der Waals surface area contributed by atoms with Gasteiger partial charge in [-0.15, -0.1) is 5.10 Å². The molecule has 0 radical (unpaired) electrons. The molecule has 0 unspecified atom stereocenters. The van der Waals surface area contributed by atoms with E-state index >= 15 is 0 Å². The Kier molecular flexibility index (Phi) is 2.37. The van der Waals surface area contributed by atoms with Crippen molar-refractivity contribution >= 4 is 5.97 Å². The van der Waals surface area contributed by atoms with Crippen LogP contribution < -0.4 is 4.74 Å². The topological polar surface area (TPSA) is 75.2 Å². The van der Waals surface area contributed by atoms with Crippen molar-refractivity contribution in [2.75, 3.05) is 0 Å². The molecule has 2 aromatic rings. The number of carbonyl (C=O) groups is 1. The Morgan fingerprint density at radius 1 is 1.33 bits per heavy atom. The van der Waals surface area contributed by atoms with Crippen molar-refractivity contribution in [2.24, 2.45) is 0 Å². The third kappa shape index (κ3) is 2.14. The van der Waals surface area contributed by atoms with Crippen LogP contribution in [-0.2, 0) is 0 Å². The van der Waals surface area contributed by atoms with Crippen LogP contribution in [0, 0.1) is 0 Å². The van der Waals surface area contributed by atoms with Gasteiger partial charge in [0.05, 0.1) is 11.6 Å². The number of aromatic amines is 1. The highest BCUT2D eigenvalue weighted by atomic mass is 16.5. The maximum absolute atomic E-state index is 11.5. The second kappa shape index (κ2) is 3.83. The molecule has 5 nitrogen and oxygen atoms in total. The van der Waals surface area contributed by atoms with Crippen molar-refractivity contribution in [2.45, 2.75) is 0 Å². The molecule has 5 heteroatoms. The number of H-pyrrole nitrogens is 1. The number of carbonyl (C=O) groups excluding carboxylic acids is 1. The molecule has 0 amide bonds. The van der Waals surface area contributed by atoms with Gasteiger partial charge < -0.3 is 9.84 Å². The van der Waals surface area contributed by atoms with Gasteiger partial charge >= 0.3 is 5.97 Å². The lowest BCUT2D eigenvalue weighted by atomic mass is 10.2. The lowest BCUT2D eigenvalue weighted by Crippen LogP contribution is -2.08. The summed E-state index contributed by atoms with van der Waals surface area (Å²) in [7, 11) is 0. The summed E-state index contributed by atoms with van der Waals surface area (Å²) in [5.74, 6) is -0.616. The fraction of sp³-hybridized carbons (Fsp3) is 0. The summed E-state index contributed by atoms with van der Waals surface area (Å²) in [5, 5.41) is 14.7. The monoisotopic (exact) mass is 204 g/mol. The van der Waals surface area contributed by atoms with Gasteiger partial charge in [-0.25, -0.2) is 9.89 Å². The molecule has 0 saturated heterocycles. The molecule has 0 fully saturated rings. The van der Waals surface area contributed by atoms with Crippen LogP contribution in [0.25, 0.3) is 0 Å². The number of aromatic hydroxyl groups is 1. The highest BCUT2D eigenvalue weighted by Gasteiger charge is 2.09. The number of ether oxygens (including phenoxy) is 1. The predicted molar refractivity (Wildman–Crippen MR) is 51.7 cm³/mol. The van der Waals surface area contributed by atoms with Gasteiger partial charge in [0.15, 0.2) is 0 Å². The maximum Gasteiger partial charge on any atom is 0.344 e. The van der Waals surface area contributed by atoms with Crippen LogP contribution in [-0.4, -0.2) is 21.3 Å². The van der Waals surface area contributed by atoms with E-state index in [1.54, 1.807) is 30.3 Å². The van der Waals surface area contributed by atoms with Gasteiger partial charge in [0.2, 0.25) is 11.8 Å². The zero-order valence-electron chi connectivity index (χ0n) is 7.68. The summed E-state index contributed by atoms with van der Waals surface area (Å²) in [6.45, 7) is 0. The molecule has 15 heavy (non-hydrogen) atoms. The van der Waals surface area contributed by atoms with Gasteiger partial charge in [-0.1, -0.05) is 18.2 Å². The van der Waals surface area contributed by atoms with Crippen LogP contribution in [0.15, 0.2) is 36.4 Å². The number of aromatic nitrogens is 2. The fourth-order valence-corrected chi connectivity index (χ4v) is 1.07. The molecule has 0 aliphatic rings. The summed E-state index contributed by atoms with van der Waals surface area (Å²) >= 11 is 0. The van der Waals surface area contributed by atoms with E-state index < -0.39 is 5.97 Å². The van der Waals surface area contributed by atoms with Gasteiger partial charge in [0.25, 0.3) is 0 Å². The Balaban J connectivity index is 2.11. The lowest BCUT2D eigenvalue weighted by Gasteiger charge is -1.98. The Morgan fingerprint density at radius 2 is 2.07 bits per heavy atom. The molecular formula is C10H8N2O3. The van der Waals surface area contributed by atoms with E-state index in [4.69, 9.17) is 9.84 Å². The van der Waals surface area contributed by atoms with Gasteiger partial charge in [0, 0.05) is 0 Å². The minimum atomic E-state index is -0.512. The van der Waals surface area contributed by atoms with E-state index in [2.05, 4.69) is 10.2 Å². The van der Waals surface area contributed by atoms with Crippen LogP contribution in [0.2, 0.25) is 0 Å². The highest BCUT2D eigenvalue weighted by molar-refractivity contribution is 5.90. The van der Waals surface area contributed by atoms with Gasteiger partial charge in [0.1, 0.15) is 0 Å². The minimum Gasteiger partial charge on any atom is -0.493 e. The average Bonchev–Trinajstić information content (AvgIpc) is 2.65. The Hall–Kier alpha value is -2.30. The first kappa shape index (κ1) is 9.26. The van der Waals surface area contributed by atoms with Crippen LogP contribution in [0.3, 0.4) is 0 Å². The van der Waals surface area contributed by atoms with Gasteiger partial charge in [-0.05, 0) is 12.1 Å². The minimum absolute atomic E-state index is 0.0429. The second-order valence-corrected chi connectivity index (χ2v) is 2.85. The van der Waals surface area contributed by atoms with Crippen molar-refractivity contribution in [3.8, 4) is 11.8 Å². The Bertz CT molecular complexity index is 465. The number of benzene rings is 1. The fourth-order valence-electron chi connectivity index (χ4n) is 1.07. The third-order valence-electron chi connectivity index (χ3n) is 1.75. The van der Waals surface area contributed by atoms with Gasteiger partial charge in [-0.2, -0.15) is 0 Å². The van der Waals surface area contributed by atoms with Crippen LogP contribution in [0.5, 0.6) is 11.8 Å². The third-order valence-corrected chi connectivity index (χ3v) is 1.75. The standard InChI is InChI=1S/C10H8N2O3/c13-8-6-9(12-11-8)15-10(14)7-4-2-1-3-5-7/h1-6H,(H2,11,12,13). The van der Waals surface area contributed by atoms with E-state index in [9.17, 15) is 4.79 Å². The summed E-state index contributed by atoms with van der Waals surface area (Å²) in [5.41, 5.74) is 0.431. The molecule has 0 saturated carbocycles. The molecule has 0 aliphatic heterocycles. The molecule has 2 N–H and O–H groups in total. The van der Waals surface area contributed by atoms with E-state index in [0.717, 1.165) is 0 Å². The first-order chi connectivity index (χ1) is 7.25. The molecule has 2 rings (SSSR count). The summed E-state index contributed by atoms with van der Waals surface area (Å²) in [4.78, 5) is 11.5. The van der Waals surface area contributed by atoms with Crippen molar-refractivity contribution in [3.63, 3.8) is 0 Å². The number of nitrogens with zero attached hydrogens (tertiary/aromatic N) is 1. The largest absolute Gasteiger partial charge is 0.493 e. The first-order valence-corrected chi connectivity index (χ1v) is 4.27. The molecule has 0 spiro atoms. The van der Waals surface area contributed by atoms with Crippen molar-refractivity contribution < 1.29 is 14.6 Å². The Labute approximate surface area is 85.3 Å². The van der Waals surface area contributed by atoms with E-state index in [0.29, 0.717) is 5.56 Å². The second-order valence-electron chi connectivity index (χ2n) is 2.85. The number of hydrogen-bond acceptors (Lipinski definition) is 4. The SMILES string of the molecule is O=C(Oc1cc(O)[nH]n1)c1ccccc1. The molecular weight excluding hydrogens is 196 g/mol. The summed E-state index contributed by atoms with van der Waals surface area (Å²) < 4.78 is 4.88. The van der Waals surface area contributed by atoms with Crippen molar-refractivity contribution in [1.82, 2.24) is 10.2 Å². The normalized spacial score (nSPS) is 9.87. The Morgan fingerprint density at radius 3 is 2.67 bits per heavy atom. The molecule has 1 aromatic carbocycles. The molecule has 1 heterocycles. The smallest absolute Gasteiger partial charge is 0.344 e. The highest BCUT2D eigenvalue weighted by Crippen LogP contribution is 2.14. The molecule has 0 bridgehead atoms. The molecule has 1 aromatic heterocycles.